The summed E-state index contributed by atoms with van der Waals surface area (Å²) in [5, 5.41) is 32.4. The molecule has 1 aromatic heterocycles. The highest BCUT2D eigenvalue weighted by atomic mass is 32.2. The Bertz CT molecular complexity index is 1910. The molecule has 0 unspecified atom stereocenters. The molecular formula is C40H56N9O11S2-. The summed E-state index contributed by atoms with van der Waals surface area (Å²) in [6, 6.07) is 10.4. The number of carboxylic acid groups (broad SMARTS) is 2. The Morgan fingerprint density at radius 1 is 0.677 bits per heavy atom. The van der Waals surface area contributed by atoms with Crippen molar-refractivity contribution in [1.82, 2.24) is 36.6 Å². The number of H-pyrrole nitrogens is 1. The monoisotopic (exact) mass is 902 g/mol. The average molecular weight is 903 g/mol. The van der Waals surface area contributed by atoms with Crippen molar-refractivity contribution in [2.45, 2.75) is 94.0 Å². The fourth-order valence-corrected chi connectivity index (χ4v) is 6.39. The van der Waals surface area contributed by atoms with E-state index in [2.05, 4.69) is 36.6 Å². The van der Waals surface area contributed by atoms with Crippen molar-refractivity contribution in [3.63, 3.8) is 0 Å². The van der Waals surface area contributed by atoms with Crippen LogP contribution in [0.5, 0.6) is 0 Å². The van der Waals surface area contributed by atoms with E-state index in [1.165, 1.54) is 12.5 Å². The number of nitrogens with one attached hydrogen (secondary N) is 6. The Hall–Kier alpha value is -5.84. The third-order valence-corrected chi connectivity index (χ3v) is 9.90. The first-order chi connectivity index (χ1) is 29.7. The van der Waals surface area contributed by atoms with E-state index in [0.717, 1.165) is 5.75 Å². The number of imidazole rings is 1. The van der Waals surface area contributed by atoms with Crippen LogP contribution in [0.4, 0.5) is 0 Å². The number of aliphatic carboxylic acids is 2. The molecule has 62 heavy (non-hydrogen) atoms. The largest absolute Gasteiger partial charge is 0.481 e. The van der Waals surface area contributed by atoms with Crippen LogP contribution in [0, 0.1) is 0 Å². The molecular weight excluding hydrogens is 847 g/mol. The van der Waals surface area contributed by atoms with Gasteiger partial charge in [-0.3, -0.25) is 28.8 Å². The summed E-state index contributed by atoms with van der Waals surface area (Å²) in [6.45, 7) is 0.246. The lowest BCUT2D eigenvalue weighted by Crippen LogP contribution is -2.59. The maximum atomic E-state index is 14.2. The molecule has 0 fully saturated rings. The molecule has 3 aromatic rings. The van der Waals surface area contributed by atoms with Gasteiger partial charge in [0, 0.05) is 44.1 Å². The zero-order chi connectivity index (χ0) is 45.9. The Balaban J connectivity index is 0.00000428. The van der Waals surface area contributed by atoms with Crippen molar-refractivity contribution >= 4 is 64.8 Å². The van der Waals surface area contributed by atoms with Crippen LogP contribution < -0.4 is 38.1 Å². The van der Waals surface area contributed by atoms with Crippen LogP contribution in [-0.4, -0.2) is 116 Å². The quantitative estimate of drug-likeness (QED) is 0.0262. The number of nitrogens with zero attached hydrogens (tertiary/aromatic N) is 1. The maximum absolute atomic E-state index is 14.2. The lowest BCUT2D eigenvalue weighted by molar-refractivity contribution is -0.142. The van der Waals surface area contributed by atoms with E-state index in [4.69, 9.17) is 25.0 Å². The average Bonchev–Trinajstić information content (AvgIpc) is 3.77. The number of carbonyl (C=O) groups is 7. The molecule has 2 aromatic carbocycles. The predicted octanol–water partition coefficient (Wildman–Crippen LogP) is -0.487. The number of hydrogen-bond donors (Lipinski definition) is 10. The van der Waals surface area contributed by atoms with Crippen LogP contribution in [0.25, 0.3) is 0 Å². The molecule has 5 amide bonds. The summed E-state index contributed by atoms with van der Waals surface area (Å²) in [5.74, 6) is -5.12. The lowest BCUT2D eigenvalue weighted by Gasteiger charge is -2.26. The second kappa shape index (κ2) is 29.4. The summed E-state index contributed by atoms with van der Waals surface area (Å²) in [7, 11) is 0. The third-order valence-electron chi connectivity index (χ3n) is 9.25. The van der Waals surface area contributed by atoms with Crippen LogP contribution in [-0.2, 0) is 72.8 Å². The molecule has 0 aliphatic rings. The smallest absolute Gasteiger partial charge is 0.326 e. The minimum Gasteiger partial charge on any atom is -0.481 e. The zero-order valence-electron chi connectivity index (χ0n) is 34.2. The molecule has 0 radical (unpaired) electrons. The van der Waals surface area contributed by atoms with Crippen LogP contribution in [0.1, 0.15) is 55.3 Å². The fourth-order valence-electron chi connectivity index (χ4n) is 5.90. The van der Waals surface area contributed by atoms with Gasteiger partial charge in [-0.25, -0.2) is 9.78 Å². The number of thiol groups is 1. The zero-order valence-corrected chi connectivity index (χ0v) is 35.9. The predicted molar refractivity (Wildman–Crippen MR) is 231 cm³/mol. The van der Waals surface area contributed by atoms with E-state index in [1.807, 2.05) is 6.26 Å². The molecule has 0 aliphatic heterocycles. The number of hydrogen-bond acceptors (Lipinski definition) is 14. The van der Waals surface area contributed by atoms with Gasteiger partial charge in [0.2, 0.25) is 29.5 Å². The number of unbranched alkanes of at least 4 members (excludes halogenated alkanes) is 1. The van der Waals surface area contributed by atoms with Crippen molar-refractivity contribution in [2.75, 3.05) is 18.6 Å². The summed E-state index contributed by atoms with van der Waals surface area (Å²) in [4.78, 5) is 97.6. The first-order valence-electron chi connectivity index (χ1n) is 19.6. The summed E-state index contributed by atoms with van der Waals surface area (Å²) >= 11 is 0.492. The Morgan fingerprint density at radius 3 is 1.71 bits per heavy atom. The van der Waals surface area contributed by atoms with Gasteiger partial charge in [0.05, 0.1) is 18.4 Å². The van der Waals surface area contributed by atoms with Crippen LogP contribution in [0.2, 0.25) is 0 Å². The van der Waals surface area contributed by atoms with Gasteiger partial charge >= 0.3 is 11.9 Å². The van der Waals surface area contributed by atoms with Gasteiger partial charge in [-0.05, 0) is 55.2 Å². The number of thioether (sulfide) groups is 1. The Labute approximate surface area is 366 Å². The van der Waals surface area contributed by atoms with Crippen molar-refractivity contribution in [1.29, 1.82) is 0 Å². The standard InChI is InChI=1S/C40H55N9O9S.HO2S/c1-59-19-17-29(42)35(52)44-18-9-8-14-30(37(54)49-33(40(57)58)21-26-12-6-3-7-13-26)46-38(55)31(20-25-10-4-2-5-11-25)48-39(56)32(22-27-23-43-24-45-27)47-36(53)28(41)15-16-34(50)51;1-3-2/h2-7,10-13,23-24,28-33H,8-9,14-22,41-42H2,1H3,(H,43,45)(H,44,52)(H,46,55)(H,47,53)(H,48,56)(H,49,54)(H,50,51)(H,57,58);3H/q;-1/t28-,29-,30+,31-,32-,33-;/m0./s1. The van der Waals surface area contributed by atoms with E-state index in [1.54, 1.807) is 72.4 Å². The fraction of sp³-hybridized carbons (Fsp3) is 0.450. The van der Waals surface area contributed by atoms with Gasteiger partial charge in [0.25, 0.3) is 0 Å². The van der Waals surface area contributed by atoms with Crippen molar-refractivity contribution in [3.8, 4) is 0 Å². The summed E-state index contributed by atoms with van der Waals surface area (Å²) in [5.41, 5.74) is 13.7. The minimum atomic E-state index is -1.33. The highest BCUT2D eigenvalue weighted by Gasteiger charge is 2.32. The number of aromatic nitrogens is 2. The van der Waals surface area contributed by atoms with E-state index >= 15 is 0 Å². The topological polar surface area (TPSA) is 335 Å². The van der Waals surface area contributed by atoms with E-state index < -0.39 is 83.4 Å². The SMILES string of the molecule is CSCC[C@H](N)C(=O)NCCCC[C@@H](NC(=O)[C@H](Cc1ccccc1)NC(=O)[C@H](Cc1cnc[nH]1)NC(=O)[C@@H](N)CCC(=O)O)C(=O)N[C@@H](Cc1ccccc1)C(=O)O.O=[SH-]=O. The third kappa shape index (κ3) is 20.6. The number of rotatable bonds is 27. The lowest BCUT2D eigenvalue weighted by atomic mass is 10.0. The molecule has 0 saturated heterocycles. The second-order valence-electron chi connectivity index (χ2n) is 14.0. The molecule has 22 heteroatoms. The summed E-state index contributed by atoms with van der Waals surface area (Å²) in [6.07, 6.45) is 5.30. The van der Waals surface area contributed by atoms with E-state index in [0.29, 0.717) is 36.1 Å². The molecule has 20 nitrogen and oxygen atoms in total. The van der Waals surface area contributed by atoms with Gasteiger partial charge in [-0.2, -0.15) is 11.8 Å². The first kappa shape index (κ1) is 52.3. The van der Waals surface area contributed by atoms with Crippen molar-refractivity contribution in [2.24, 2.45) is 11.5 Å². The van der Waals surface area contributed by atoms with E-state index in [9.17, 15) is 38.7 Å². The van der Waals surface area contributed by atoms with Crippen molar-refractivity contribution < 1.29 is 52.2 Å². The number of nitrogens with two attached hydrogens (primary N) is 2. The Morgan fingerprint density at radius 2 is 1.18 bits per heavy atom. The van der Waals surface area contributed by atoms with Gasteiger partial charge in [-0.1, -0.05) is 72.2 Å². The Kier molecular flexibility index (Phi) is 24.8. The van der Waals surface area contributed by atoms with Crippen LogP contribution >= 0.6 is 11.8 Å². The molecule has 1 heterocycles. The number of benzene rings is 2. The molecule has 3 rings (SSSR count). The highest BCUT2D eigenvalue weighted by molar-refractivity contribution is 7.98. The van der Waals surface area contributed by atoms with Gasteiger partial charge in [-0.15, -0.1) is 0 Å². The molecule has 0 aliphatic carbocycles. The van der Waals surface area contributed by atoms with Crippen LogP contribution in [0.3, 0.4) is 0 Å². The number of carbonyl (C=O) groups excluding carboxylic acids is 5. The molecule has 6 atom stereocenters. The van der Waals surface area contributed by atoms with Crippen molar-refractivity contribution in [3.05, 3.63) is 90.0 Å². The van der Waals surface area contributed by atoms with Gasteiger partial charge < -0.3 is 61.7 Å². The number of carboxylic acids is 2. The molecule has 340 valence electrons. The second-order valence-corrected chi connectivity index (χ2v) is 15.2. The van der Waals surface area contributed by atoms with Gasteiger partial charge in [0.15, 0.2) is 0 Å². The minimum absolute atomic E-state index is 0.0263. The highest BCUT2D eigenvalue weighted by Crippen LogP contribution is 2.10. The van der Waals surface area contributed by atoms with E-state index in [-0.39, 0.29) is 51.0 Å². The molecule has 0 bridgehead atoms. The molecule has 0 saturated carbocycles. The summed E-state index contributed by atoms with van der Waals surface area (Å²) < 4.78 is 16.7. The normalized spacial score (nSPS) is 13.6. The first-order valence-corrected chi connectivity index (χ1v) is 21.7. The van der Waals surface area contributed by atoms with Gasteiger partial charge in [0.1, 0.15) is 24.2 Å². The number of aromatic amines is 1. The number of amides is 5. The molecule has 12 N–H and O–H groups in total. The maximum Gasteiger partial charge on any atom is 0.326 e. The van der Waals surface area contributed by atoms with Crippen LogP contribution in [0.15, 0.2) is 73.2 Å². The molecule has 0 spiro atoms.